The predicted molar refractivity (Wildman–Crippen MR) is 64.3 cm³/mol. The van der Waals surface area contributed by atoms with Crippen molar-refractivity contribution in [3.05, 3.63) is 60.7 Å². The number of benzene rings is 2. The van der Waals surface area contributed by atoms with Crippen LogP contribution in [0.1, 0.15) is 0 Å². The molecule has 76 valence electrons. The largest absolute Gasteiger partial charge is 0.151 e. The SMILES string of the molecule is Cl.c1ccc(/N=N/c2ccccc2)cc1. The van der Waals surface area contributed by atoms with Crippen molar-refractivity contribution in [1.82, 2.24) is 0 Å². The maximum absolute atomic E-state index is 4.10. The van der Waals surface area contributed by atoms with Crippen molar-refractivity contribution in [3.63, 3.8) is 0 Å². The summed E-state index contributed by atoms with van der Waals surface area (Å²) in [5.74, 6) is 0. The van der Waals surface area contributed by atoms with E-state index in [1.54, 1.807) is 0 Å². The molecule has 0 atom stereocenters. The van der Waals surface area contributed by atoms with Crippen molar-refractivity contribution in [3.8, 4) is 0 Å². The summed E-state index contributed by atoms with van der Waals surface area (Å²) in [6.45, 7) is 0. The molecule has 0 aliphatic carbocycles. The summed E-state index contributed by atoms with van der Waals surface area (Å²) < 4.78 is 0. The van der Waals surface area contributed by atoms with Crippen LogP contribution < -0.4 is 0 Å². The Balaban J connectivity index is 0.00000112. The van der Waals surface area contributed by atoms with E-state index in [4.69, 9.17) is 0 Å². The van der Waals surface area contributed by atoms with Gasteiger partial charge < -0.3 is 0 Å². The lowest BCUT2D eigenvalue weighted by molar-refractivity contribution is 1.23. The second kappa shape index (κ2) is 5.94. The first-order chi connectivity index (χ1) is 6.95. The van der Waals surface area contributed by atoms with Gasteiger partial charge in [0.2, 0.25) is 0 Å². The summed E-state index contributed by atoms with van der Waals surface area (Å²) in [4.78, 5) is 0. The Labute approximate surface area is 95.1 Å². The summed E-state index contributed by atoms with van der Waals surface area (Å²) >= 11 is 0. The van der Waals surface area contributed by atoms with Crippen molar-refractivity contribution in [2.75, 3.05) is 0 Å². The van der Waals surface area contributed by atoms with E-state index < -0.39 is 0 Å². The van der Waals surface area contributed by atoms with E-state index in [1.807, 2.05) is 60.7 Å². The van der Waals surface area contributed by atoms with Gasteiger partial charge in [-0.25, -0.2) is 0 Å². The van der Waals surface area contributed by atoms with Crippen molar-refractivity contribution >= 4 is 23.8 Å². The quantitative estimate of drug-likeness (QED) is 0.662. The van der Waals surface area contributed by atoms with Crippen LogP contribution in [0.25, 0.3) is 0 Å². The lowest BCUT2D eigenvalue weighted by Gasteiger charge is -1.91. The fourth-order valence-electron chi connectivity index (χ4n) is 1.10. The zero-order chi connectivity index (χ0) is 9.64. The number of hydrogen-bond acceptors (Lipinski definition) is 2. The molecular weight excluding hydrogens is 208 g/mol. The lowest BCUT2D eigenvalue weighted by atomic mass is 10.3. The molecule has 0 aliphatic heterocycles. The highest BCUT2D eigenvalue weighted by molar-refractivity contribution is 5.85. The van der Waals surface area contributed by atoms with Gasteiger partial charge >= 0.3 is 0 Å². The zero-order valence-electron chi connectivity index (χ0n) is 8.08. The molecule has 0 fully saturated rings. The molecule has 0 saturated heterocycles. The molecule has 2 aromatic rings. The Morgan fingerprint density at radius 3 is 1.20 bits per heavy atom. The second-order valence-corrected chi connectivity index (χ2v) is 2.87. The van der Waals surface area contributed by atoms with Crippen molar-refractivity contribution < 1.29 is 0 Å². The average molecular weight is 219 g/mol. The average Bonchev–Trinajstić information content (AvgIpc) is 2.29. The van der Waals surface area contributed by atoms with Gasteiger partial charge in [-0.15, -0.1) is 12.4 Å². The van der Waals surface area contributed by atoms with Crippen LogP contribution in [0.3, 0.4) is 0 Å². The van der Waals surface area contributed by atoms with E-state index in [0.717, 1.165) is 11.4 Å². The Kier molecular flexibility index (Phi) is 4.51. The first-order valence-corrected chi connectivity index (χ1v) is 4.47. The van der Waals surface area contributed by atoms with Crippen LogP contribution in [0.4, 0.5) is 11.4 Å². The van der Waals surface area contributed by atoms with Gasteiger partial charge in [-0.2, -0.15) is 10.2 Å². The van der Waals surface area contributed by atoms with Gasteiger partial charge in [0.15, 0.2) is 0 Å². The molecule has 0 amide bonds. The van der Waals surface area contributed by atoms with Gasteiger partial charge in [-0.1, -0.05) is 36.4 Å². The number of hydrogen-bond donors (Lipinski definition) is 0. The molecular formula is C12H11ClN2. The summed E-state index contributed by atoms with van der Waals surface area (Å²) in [5.41, 5.74) is 1.74. The molecule has 0 aromatic heterocycles. The fraction of sp³-hybridized carbons (Fsp3) is 0. The van der Waals surface area contributed by atoms with Crippen LogP contribution in [0, 0.1) is 0 Å². The molecule has 3 heteroatoms. The number of nitrogens with zero attached hydrogens (tertiary/aromatic N) is 2. The van der Waals surface area contributed by atoms with E-state index in [9.17, 15) is 0 Å². The smallest absolute Gasteiger partial charge is 0.0857 e. The third-order valence-corrected chi connectivity index (χ3v) is 1.79. The van der Waals surface area contributed by atoms with E-state index >= 15 is 0 Å². The molecule has 2 nitrogen and oxygen atoms in total. The minimum Gasteiger partial charge on any atom is -0.151 e. The molecule has 15 heavy (non-hydrogen) atoms. The predicted octanol–water partition coefficient (Wildman–Crippen LogP) is 4.52. The van der Waals surface area contributed by atoms with Gasteiger partial charge in [-0.3, -0.25) is 0 Å². The van der Waals surface area contributed by atoms with Gasteiger partial charge in [0.1, 0.15) is 0 Å². The third-order valence-electron chi connectivity index (χ3n) is 1.79. The first kappa shape index (κ1) is 11.4. The van der Waals surface area contributed by atoms with E-state index in [0.29, 0.717) is 0 Å². The molecule has 0 radical (unpaired) electrons. The summed E-state index contributed by atoms with van der Waals surface area (Å²) in [6, 6.07) is 19.4. The molecule has 0 heterocycles. The Morgan fingerprint density at radius 1 is 0.533 bits per heavy atom. The highest BCUT2D eigenvalue weighted by atomic mass is 35.5. The van der Waals surface area contributed by atoms with Crippen LogP contribution in [0.15, 0.2) is 70.9 Å². The highest BCUT2D eigenvalue weighted by Gasteiger charge is 1.86. The van der Waals surface area contributed by atoms with Crippen LogP contribution in [-0.4, -0.2) is 0 Å². The van der Waals surface area contributed by atoms with E-state index in [2.05, 4.69) is 10.2 Å². The fourth-order valence-corrected chi connectivity index (χ4v) is 1.10. The lowest BCUT2D eigenvalue weighted by Crippen LogP contribution is -1.62. The molecule has 0 unspecified atom stereocenters. The van der Waals surface area contributed by atoms with E-state index in [-0.39, 0.29) is 12.4 Å². The highest BCUT2D eigenvalue weighted by Crippen LogP contribution is 2.16. The minimum atomic E-state index is 0. The number of halogens is 1. The molecule has 0 saturated carbocycles. The Bertz CT molecular complexity index is 371. The monoisotopic (exact) mass is 218 g/mol. The maximum Gasteiger partial charge on any atom is 0.0857 e. The summed E-state index contributed by atoms with van der Waals surface area (Å²) in [6.07, 6.45) is 0. The molecule has 0 spiro atoms. The van der Waals surface area contributed by atoms with Crippen LogP contribution >= 0.6 is 12.4 Å². The van der Waals surface area contributed by atoms with Gasteiger partial charge in [0.05, 0.1) is 11.4 Å². The summed E-state index contributed by atoms with van der Waals surface area (Å²) in [7, 11) is 0. The maximum atomic E-state index is 4.10. The normalized spacial score (nSPS) is 9.87. The third kappa shape index (κ3) is 3.52. The topological polar surface area (TPSA) is 24.7 Å². The second-order valence-electron chi connectivity index (χ2n) is 2.87. The summed E-state index contributed by atoms with van der Waals surface area (Å²) in [5, 5.41) is 8.20. The molecule has 0 N–H and O–H groups in total. The first-order valence-electron chi connectivity index (χ1n) is 4.47. The van der Waals surface area contributed by atoms with Gasteiger partial charge in [-0.05, 0) is 24.3 Å². The molecule has 2 rings (SSSR count). The van der Waals surface area contributed by atoms with Gasteiger partial charge in [0.25, 0.3) is 0 Å². The van der Waals surface area contributed by atoms with Crippen LogP contribution in [0.5, 0.6) is 0 Å². The van der Waals surface area contributed by atoms with Gasteiger partial charge in [0, 0.05) is 0 Å². The van der Waals surface area contributed by atoms with Crippen molar-refractivity contribution in [2.45, 2.75) is 0 Å². The number of azo groups is 1. The van der Waals surface area contributed by atoms with Crippen molar-refractivity contribution in [1.29, 1.82) is 0 Å². The molecule has 2 aromatic carbocycles. The Morgan fingerprint density at radius 2 is 0.867 bits per heavy atom. The standard InChI is InChI=1S/C12H10N2.ClH/c1-3-7-11(8-4-1)13-14-12-9-5-2-6-10-12;/h1-10H;1H/b14-13+;. The molecule has 0 aliphatic rings. The van der Waals surface area contributed by atoms with E-state index in [1.165, 1.54) is 0 Å². The Hall–Kier alpha value is -1.67. The number of rotatable bonds is 2. The van der Waals surface area contributed by atoms with Crippen molar-refractivity contribution in [2.24, 2.45) is 10.2 Å². The van der Waals surface area contributed by atoms with Crippen LogP contribution in [-0.2, 0) is 0 Å². The zero-order valence-corrected chi connectivity index (χ0v) is 8.89. The van der Waals surface area contributed by atoms with Crippen LogP contribution in [0.2, 0.25) is 0 Å². The minimum absolute atomic E-state index is 0. The molecule has 0 bridgehead atoms.